The van der Waals surface area contributed by atoms with Crippen molar-refractivity contribution in [1.82, 2.24) is 4.90 Å². The summed E-state index contributed by atoms with van der Waals surface area (Å²) in [5, 5.41) is 9.31. The first-order chi connectivity index (χ1) is 8.91. The van der Waals surface area contributed by atoms with Gasteiger partial charge in [-0.15, -0.1) is 0 Å². The van der Waals surface area contributed by atoms with Crippen molar-refractivity contribution in [3.05, 3.63) is 0 Å². The second-order valence-electron chi connectivity index (χ2n) is 6.24. The minimum atomic E-state index is -0.997. The van der Waals surface area contributed by atoms with Crippen molar-refractivity contribution in [3.63, 3.8) is 0 Å². The smallest absolute Gasteiger partial charge is 0.323 e. The number of aliphatic carboxylic acids is 1. The van der Waals surface area contributed by atoms with Gasteiger partial charge in [0.05, 0.1) is 12.2 Å². The molecule has 0 amide bonds. The fourth-order valence-corrected chi connectivity index (χ4v) is 3.59. The number of hydrogen-bond donors (Lipinski definition) is 2. The summed E-state index contributed by atoms with van der Waals surface area (Å²) in [6.07, 6.45) is 3.89. The molecule has 19 heavy (non-hydrogen) atoms. The predicted molar refractivity (Wildman–Crippen MR) is 73.0 cm³/mol. The third-order valence-electron chi connectivity index (χ3n) is 4.56. The van der Waals surface area contributed by atoms with Gasteiger partial charge in [-0.2, -0.15) is 0 Å². The fourth-order valence-electron chi connectivity index (χ4n) is 3.59. The molecule has 0 aromatic carbocycles. The highest BCUT2D eigenvalue weighted by Crippen LogP contribution is 2.36. The number of hydrogen-bond acceptors (Lipinski definition) is 4. The van der Waals surface area contributed by atoms with Crippen molar-refractivity contribution >= 4 is 5.97 Å². The standard InChI is InChI=1S/C14H26N2O3/c1-10-8-16(9-11(2)19-10)7-5-12-4-3-6-14(12,15)13(17)18/h10-12H,3-9,15H2,1-2H3,(H,17,18). The number of nitrogens with two attached hydrogens (primary N) is 1. The summed E-state index contributed by atoms with van der Waals surface area (Å²) >= 11 is 0. The predicted octanol–water partition coefficient (Wildman–Crippen LogP) is 1.07. The summed E-state index contributed by atoms with van der Waals surface area (Å²) in [6.45, 7) is 6.96. The second kappa shape index (κ2) is 5.77. The average molecular weight is 270 g/mol. The van der Waals surface area contributed by atoms with E-state index in [0.29, 0.717) is 6.42 Å². The quantitative estimate of drug-likeness (QED) is 0.799. The van der Waals surface area contributed by atoms with E-state index >= 15 is 0 Å². The van der Waals surface area contributed by atoms with Crippen molar-refractivity contribution in [3.8, 4) is 0 Å². The van der Waals surface area contributed by atoms with Crippen LogP contribution in [-0.2, 0) is 9.53 Å². The number of carbonyl (C=O) groups is 1. The SMILES string of the molecule is CC1CN(CCC2CCCC2(N)C(=O)O)CC(C)O1. The Labute approximate surface area is 115 Å². The lowest BCUT2D eigenvalue weighted by Crippen LogP contribution is -2.52. The Kier molecular flexibility index (Phi) is 4.48. The van der Waals surface area contributed by atoms with Crippen LogP contribution >= 0.6 is 0 Å². The Morgan fingerprint density at radius 3 is 2.63 bits per heavy atom. The highest BCUT2D eigenvalue weighted by molar-refractivity contribution is 5.79. The molecule has 2 rings (SSSR count). The highest BCUT2D eigenvalue weighted by atomic mass is 16.5. The summed E-state index contributed by atoms with van der Waals surface area (Å²) in [5.74, 6) is -0.725. The van der Waals surface area contributed by atoms with E-state index in [1.54, 1.807) is 0 Å². The maximum atomic E-state index is 11.3. The van der Waals surface area contributed by atoms with Crippen LogP contribution in [0.2, 0.25) is 0 Å². The molecule has 4 unspecified atom stereocenters. The third kappa shape index (κ3) is 3.27. The van der Waals surface area contributed by atoms with Gasteiger partial charge in [0.15, 0.2) is 0 Å². The lowest BCUT2D eigenvalue weighted by Gasteiger charge is -2.36. The highest BCUT2D eigenvalue weighted by Gasteiger charge is 2.45. The number of nitrogens with zero attached hydrogens (tertiary/aromatic N) is 1. The molecule has 0 bridgehead atoms. The first-order valence-corrected chi connectivity index (χ1v) is 7.32. The zero-order chi connectivity index (χ0) is 14.0. The molecule has 0 aromatic rings. The van der Waals surface area contributed by atoms with Crippen molar-refractivity contribution in [2.75, 3.05) is 19.6 Å². The Morgan fingerprint density at radius 2 is 2.05 bits per heavy atom. The van der Waals surface area contributed by atoms with E-state index in [4.69, 9.17) is 10.5 Å². The summed E-state index contributed by atoms with van der Waals surface area (Å²) in [7, 11) is 0. The normalized spacial score (nSPS) is 40.5. The van der Waals surface area contributed by atoms with Gasteiger partial charge in [-0.05, 0) is 45.6 Å². The molecule has 3 N–H and O–H groups in total. The fraction of sp³-hybridized carbons (Fsp3) is 0.929. The minimum Gasteiger partial charge on any atom is -0.480 e. The molecule has 2 fully saturated rings. The van der Waals surface area contributed by atoms with E-state index < -0.39 is 11.5 Å². The molecule has 1 heterocycles. The average Bonchev–Trinajstić information content (AvgIpc) is 2.68. The molecule has 0 aromatic heterocycles. The minimum absolute atomic E-state index is 0.110. The van der Waals surface area contributed by atoms with Gasteiger partial charge >= 0.3 is 5.97 Å². The molecular weight excluding hydrogens is 244 g/mol. The number of rotatable bonds is 4. The van der Waals surface area contributed by atoms with E-state index in [0.717, 1.165) is 38.9 Å². The largest absolute Gasteiger partial charge is 0.480 e. The summed E-state index contributed by atoms with van der Waals surface area (Å²) in [6, 6.07) is 0. The van der Waals surface area contributed by atoms with Gasteiger partial charge in [-0.25, -0.2) is 0 Å². The van der Waals surface area contributed by atoms with Crippen molar-refractivity contribution in [2.45, 2.75) is 57.3 Å². The Morgan fingerprint density at radius 1 is 1.42 bits per heavy atom. The number of carboxylic acid groups (broad SMARTS) is 1. The second-order valence-corrected chi connectivity index (χ2v) is 6.24. The van der Waals surface area contributed by atoms with Gasteiger partial charge in [0.2, 0.25) is 0 Å². The van der Waals surface area contributed by atoms with Crippen molar-refractivity contribution < 1.29 is 14.6 Å². The molecule has 110 valence electrons. The summed E-state index contributed by atoms with van der Waals surface area (Å²) < 4.78 is 5.71. The van der Waals surface area contributed by atoms with Gasteiger partial charge in [-0.3, -0.25) is 9.69 Å². The Bertz CT molecular complexity index is 327. The van der Waals surface area contributed by atoms with Crippen LogP contribution < -0.4 is 5.73 Å². The molecule has 1 saturated heterocycles. The van der Waals surface area contributed by atoms with Crippen LogP contribution in [0.5, 0.6) is 0 Å². The van der Waals surface area contributed by atoms with Crippen molar-refractivity contribution in [2.24, 2.45) is 11.7 Å². The Balaban J connectivity index is 1.86. The van der Waals surface area contributed by atoms with Gasteiger partial charge in [0.1, 0.15) is 5.54 Å². The number of morpholine rings is 1. The van der Waals surface area contributed by atoms with E-state index in [1.165, 1.54) is 0 Å². The van der Waals surface area contributed by atoms with Gasteiger partial charge < -0.3 is 15.6 Å². The lowest BCUT2D eigenvalue weighted by molar-refractivity contribution is -0.145. The molecule has 0 spiro atoms. The Hall–Kier alpha value is -0.650. The van der Waals surface area contributed by atoms with Crippen molar-refractivity contribution in [1.29, 1.82) is 0 Å². The van der Waals surface area contributed by atoms with Crippen LogP contribution in [0.25, 0.3) is 0 Å². The molecule has 1 saturated carbocycles. The molecule has 1 aliphatic carbocycles. The summed E-state index contributed by atoms with van der Waals surface area (Å²) in [4.78, 5) is 13.7. The number of ether oxygens (including phenoxy) is 1. The van der Waals surface area contributed by atoms with Crippen LogP contribution in [0.1, 0.15) is 39.5 Å². The zero-order valence-electron chi connectivity index (χ0n) is 12.0. The first kappa shape index (κ1) is 14.8. The molecule has 5 nitrogen and oxygen atoms in total. The summed E-state index contributed by atoms with van der Waals surface area (Å²) in [5.41, 5.74) is 5.08. The van der Waals surface area contributed by atoms with Gasteiger partial charge in [-0.1, -0.05) is 6.42 Å². The molecule has 2 aliphatic rings. The maximum Gasteiger partial charge on any atom is 0.323 e. The molecular formula is C14H26N2O3. The van der Waals surface area contributed by atoms with Crippen LogP contribution in [0.3, 0.4) is 0 Å². The number of carboxylic acids is 1. The molecule has 4 atom stereocenters. The van der Waals surface area contributed by atoms with E-state index in [9.17, 15) is 9.90 Å². The van der Waals surface area contributed by atoms with E-state index in [1.807, 2.05) is 0 Å². The van der Waals surface area contributed by atoms with Crippen LogP contribution in [-0.4, -0.2) is 53.4 Å². The third-order valence-corrected chi connectivity index (χ3v) is 4.56. The lowest BCUT2D eigenvalue weighted by atomic mass is 9.85. The van der Waals surface area contributed by atoms with Crippen LogP contribution in [0, 0.1) is 5.92 Å². The first-order valence-electron chi connectivity index (χ1n) is 7.32. The molecule has 0 radical (unpaired) electrons. The molecule has 5 heteroatoms. The zero-order valence-corrected chi connectivity index (χ0v) is 12.0. The van der Waals surface area contributed by atoms with Gasteiger partial charge in [0.25, 0.3) is 0 Å². The molecule has 1 aliphatic heterocycles. The van der Waals surface area contributed by atoms with Crippen LogP contribution in [0.4, 0.5) is 0 Å². The topological polar surface area (TPSA) is 75.8 Å². The van der Waals surface area contributed by atoms with Crippen LogP contribution in [0.15, 0.2) is 0 Å². The van der Waals surface area contributed by atoms with Gasteiger partial charge in [0, 0.05) is 13.1 Å². The maximum absolute atomic E-state index is 11.3. The van der Waals surface area contributed by atoms with E-state index in [2.05, 4.69) is 18.7 Å². The monoisotopic (exact) mass is 270 g/mol. The van der Waals surface area contributed by atoms with E-state index in [-0.39, 0.29) is 18.1 Å².